The van der Waals surface area contributed by atoms with Crippen molar-refractivity contribution in [2.45, 2.75) is 25.3 Å². The summed E-state index contributed by atoms with van der Waals surface area (Å²) in [5.74, 6) is -0.0137. The van der Waals surface area contributed by atoms with Gasteiger partial charge in [0.25, 0.3) is 0 Å². The van der Waals surface area contributed by atoms with Crippen molar-refractivity contribution in [1.29, 1.82) is 0 Å². The van der Waals surface area contributed by atoms with Gasteiger partial charge in [-0.3, -0.25) is 4.90 Å². The van der Waals surface area contributed by atoms with E-state index < -0.39 is 9.84 Å². The lowest BCUT2D eigenvalue weighted by Crippen LogP contribution is -2.55. The lowest BCUT2D eigenvalue weighted by atomic mass is 9.87. The molecule has 2 aliphatic rings. The molecule has 1 aromatic rings. The Hall–Kier alpha value is -1.60. The van der Waals surface area contributed by atoms with Crippen LogP contribution in [0.5, 0.6) is 0 Å². The lowest BCUT2D eigenvalue weighted by Gasteiger charge is -2.41. The van der Waals surface area contributed by atoms with Gasteiger partial charge in [0, 0.05) is 45.0 Å². The van der Waals surface area contributed by atoms with Gasteiger partial charge in [-0.05, 0) is 30.4 Å². The summed E-state index contributed by atoms with van der Waals surface area (Å²) in [5, 5.41) is 2.71. The summed E-state index contributed by atoms with van der Waals surface area (Å²) in [5.41, 5.74) is 2.93. The van der Waals surface area contributed by atoms with E-state index >= 15 is 0 Å². The van der Waals surface area contributed by atoms with Gasteiger partial charge in [-0.25, -0.2) is 13.2 Å². The zero-order chi connectivity index (χ0) is 17.9. The van der Waals surface area contributed by atoms with Crippen LogP contribution >= 0.6 is 0 Å². The molecule has 1 fully saturated rings. The van der Waals surface area contributed by atoms with Gasteiger partial charge in [0.2, 0.25) is 0 Å². The molecule has 138 valence electrons. The SMILES string of the molecule is CS(=O)(=O)CCNC(=O)N1CCN([C@H]2CCc3ccccc3C2)CC1. The number of aryl methyl sites for hydroxylation is 1. The van der Waals surface area contributed by atoms with E-state index in [4.69, 9.17) is 0 Å². The molecule has 7 heteroatoms. The van der Waals surface area contributed by atoms with E-state index in [0.29, 0.717) is 19.1 Å². The standard InChI is InChI=1S/C18H27N3O3S/c1-25(23,24)13-8-19-18(22)21-11-9-20(10-12-21)17-7-6-15-4-2-3-5-16(15)14-17/h2-5,17H,6-14H2,1H3,(H,19,22)/t17-/m0/s1. The van der Waals surface area contributed by atoms with Crippen molar-refractivity contribution in [1.82, 2.24) is 15.1 Å². The Morgan fingerprint density at radius 1 is 1.16 bits per heavy atom. The molecule has 0 unspecified atom stereocenters. The number of piperazine rings is 1. The minimum Gasteiger partial charge on any atom is -0.337 e. The number of rotatable bonds is 4. The number of nitrogens with zero attached hydrogens (tertiary/aromatic N) is 2. The maximum absolute atomic E-state index is 12.1. The van der Waals surface area contributed by atoms with Crippen LogP contribution in [0.15, 0.2) is 24.3 Å². The van der Waals surface area contributed by atoms with E-state index in [9.17, 15) is 13.2 Å². The number of carbonyl (C=O) groups excluding carboxylic acids is 1. The predicted octanol–water partition coefficient (Wildman–Crippen LogP) is 0.916. The maximum Gasteiger partial charge on any atom is 0.317 e. The highest BCUT2D eigenvalue weighted by Crippen LogP contribution is 2.25. The molecule has 0 spiro atoms. The molecule has 1 saturated heterocycles. The summed E-state index contributed by atoms with van der Waals surface area (Å²) in [7, 11) is -3.04. The number of nitrogens with one attached hydrogen (secondary N) is 1. The molecule has 1 N–H and O–H groups in total. The Morgan fingerprint density at radius 2 is 1.84 bits per heavy atom. The van der Waals surface area contributed by atoms with Crippen LogP contribution in [0.25, 0.3) is 0 Å². The molecule has 6 nitrogen and oxygen atoms in total. The number of urea groups is 1. The van der Waals surface area contributed by atoms with Gasteiger partial charge in [-0.15, -0.1) is 0 Å². The van der Waals surface area contributed by atoms with Crippen molar-refractivity contribution in [3.8, 4) is 0 Å². The Balaban J connectivity index is 1.45. The fourth-order valence-corrected chi connectivity index (χ4v) is 4.21. The summed E-state index contributed by atoms with van der Waals surface area (Å²) in [4.78, 5) is 16.4. The highest BCUT2D eigenvalue weighted by Gasteiger charge is 2.28. The number of sulfone groups is 1. The van der Waals surface area contributed by atoms with E-state index in [0.717, 1.165) is 25.9 Å². The van der Waals surface area contributed by atoms with E-state index in [-0.39, 0.29) is 18.3 Å². The van der Waals surface area contributed by atoms with Crippen LogP contribution in [-0.2, 0) is 22.7 Å². The second-order valence-electron chi connectivity index (χ2n) is 7.05. The quantitative estimate of drug-likeness (QED) is 0.861. The molecular formula is C18H27N3O3S. The molecule has 1 heterocycles. The minimum absolute atomic E-state index is 0.0137. The van der Waals surface area contributed by atoms with Gasteiger partial charge in [0.1, 0.15) is 9.84 Å². The van der Waals surface area contributed by atoms with Crippen LogP contribution in [-0.4, -0.2) is 75.0 Å². The predicted molar refractivity (Wildman–Crippen MR) is 98.5 cm³/mol. The van der Waals surface area contributed by atoms with Crippen molar-refractivity contribution in [2.75, 3.05) is 44.7 Å². The fraction of sp³-hybridized carbons (Fsp3) is 0.611. The van der Waals surface area contributed by atoms with Gasteiger partial charge < -0.3 is 10.2 Å². The third-order valence-electron chi connectivity index (χ3n) is 5.19. The number of benzene rings is 1. The summed E-state index contributed by atoms with van der Waals surface area (Å²) in [6.07, 6.45) is 4.58. The van der Waals surface area contributed by atoms with E-state index in [1.54, 1.807) is 4.90 Å². The molecule has 0 bridgehead atoms. The van der Waals surface area contributed by atoms with Crippen LogP contribution in [0.2, 0.25) is 0 Å². The van der Waals surface area contributed by atoms with Crippen LogP contribution in [0.1, 0.15) is 17.5 Å². The molecule has 1 aromatic carbocycles. The van der Waals surface area contributed by atoms with Crippen LogP contribution < -0.4 is 5.32 Å². The third-order valence-corrected chi connectivity index (χ3v) is 6.13. The topological polar surface area (TPSA) is 69.7 Å². The summed E-state index contributed by atoms with van der Waals surface area (Å²) in [6, 6.07) is 9.08. The third kappa shape index (κ3) is 4.95. The van der Waals surface area contributed by atoms with Crippen LogP contribution in [0, 0.1) is 0 Å². The zero-order valence-electron chi connectivity index (χ0n) is 14.8. The van der Waals surface area contributed by atoms with Crippen molar-refractivity contribution in [3.63, 3.8) is 0 Å². The summed E-state index contributed by atoms with van der Waals surface area (Å²) < 4.78 is 22.2. The monoisotopic (exact) mass is 365 g/mol. The average molecular weight is 365 g/mol. The van der Waals surface area contributed by atoms with Crippen LogP contribution in [0.4, 0.5) is 4.79 Å². The Morgan fingerprint density at radius 3 is 2.52 bits per heavy atom. The van der Waals surface area contributed by atoms with Crippen molar-refractivity contribution in [3.05, 3.63) is 35.4 Å². The number of hydrogen-bond acceptors (Lipinski definition) is 4. The highest BCUT2D eigenvalue weighted by molar-refractivity contribution is 7.90. The van der Waals surface area contributed by atoms with Gasteiger partial charge >= 0.3 is 6.03 Å². The number of amides is 2. The number of fused-ring (bicyclic) bond motifs is 1. The molecule has 2 amide bonds. The fourth-order valence-electron chi connectivity index (χ4n) is 3.74. The number of hydrogen-bond donors (Lipinski definition) is 1. The Labute approximate surface area is 150 Å². The first kappa shape index (κ1) is 18.2. The maximum atomic E-state index is 12.1. The molecule has 0 aromatic heterocycles. The smallest absolute Gasteiger partial charge is 0.317 e. The van der Waals surface area contributed by atoms with Gasteiger partial charge in [0.15, 0.2) is 0 Å². The first-order valence-corrected chi connectivity index (χ1v) is 11.0. The second-order valence-corrected chi connectivity index (χ2v) is 9.31. The van der Waals surface area contributed by atoms with Gasteiger partial charge in [0.05, 0.1) is 5.75 Å². The van der Waals surface area contributed by atoms with Crippen molar-refractivity contribution >= 4 is 15.9 Å². The van der Waals surface area contributed by atoms with Gasteiger partial charge in [-0.1, -0.05) is 24.3 Å². The highest BCUT2D eigenvalue weighted by atomic mass is 32.2. The molecule has 3 rings (SSSR count). The van der Waals surface area contributed by atoms with Gasteiger partial charge in [-0.2, -0.15) is 0 Å². The normalized spacial score (nSPS) is 21.6. The molecular weight excluding hydrogens is 338 g/mol. The lowest BCUT2D eigenvalue weighted by molar-refractivity contribution is 0.102. The Bertz CT molecular complexity index is 712. The Kier molecular flexibility index (Phi) is 5.64. The number of carbonyl (C=O) groups is 1. The summed E-state index contributed by atoms with van der Waals surface area (Å²) in [6.45, 7) is 3.33. The molecule has 25 heavy (non-hydrogen) atoms. The molecule has 1 aliphatic heterocycles. The summed E-state index contributed by atoms with van der Waals surface area (Å²) >= 11 is 0. The van der Waals surface area contributed by atoms with Crippen molar-refractivity contribution in [2.24, 2.45) is 0 Å². The van der Waals surface area contributed by atoms with Crippen molar-refractivity contribution < 1.29 is 13.2 Å². The molecule has 1 aliphatic carbocycles. The molecule has 0 saturated carbocycles. The second kappa shape index (κ2) is 7.74. The molecule has 0 radical (unpaired) electrons. The zero-order valence-corrected chi connectivity index (χ0v) is 15.6. The van der Waals surface area contributed by atoms with E-state index in [2.05, 4.69) is 34.5 Å². The first-order chi connectivity index (χ1) is 11.9. The van der Waals surface area contributed by atoms with E-state index in [1.807, 2.05) is 0 Å². The minimum atomic E-state index is -3.04. The average Bonchev–Trinajstić information content (AvgIpc) is 2.60. The largest absolute Gasteiger partial charge is 0.337 e. The van der Waals surface area contributed by atoms with E-state index in [1.165, 1.54) is 23.8 Å². The van der Waals surface area contributed by atoms with Crippen LogP contribution in [0.3, 0.4) is 0 Å². The molecule has 1 atom stereocenters. The first-order valence-electron chi connectivity index (χ1n) is 8.94.